The molecule has 1 N–H and O–H groups in total. The average molecular weight is 515 g/mol. The summed E-state index contributed by atoms with van der Waals surface area (Å²) in [5.74, 6) is 0.394. The number of carbonyl (C=O) groups excluding carboxylic acids is 1. The summed E-state index contributed by atoms with van der Waals surface area (Å²) in [4.78, 5) is 22.3. The Bertz CT molecular complexity index is 1660. The van der Waals surface area contributed by atoms with Crippen molar-refractivity contribution in [3.05, 3.63) is 108 Å². The first-order valence-electron chi connectivity index (χ1n) is 12.4. The van der Waals surface area contributed by atoms with E-state index in [2.05, 4.69) is 16.4 Å². The van der Waals surface area contributed by atoms with Crippen molar-refractivity contribution >= 4 is 34.3 Å². The molecule has 0 aliphatic rings. The van der Waals surface area contributed by atoms with Gasteiger partial charge < -0.3 is 5.32 Å². The fourth-order valence-electron chi connectivity index (χ4n) is 4.32. The molecular weight excluding hydrogens is 488 g/mol. The van der Waals surface area contributed by atoms with Gasteiger partial charge in [0.2, 0.25) is 5.91 Å². The Morgan fingerprint density at radius 3 is 2.39 bits per heavy atom. The lowest BCUT2D eigenvalue weighted by atomic mass is 9.98. The molecule has 0 saturated heterocycles. The highest BCUT2D eigenvalue weighted by Crippen LogP contribution is 2.34. The number of thioether (sulfide) groups is 1. The molecule has 0 fully saturated rings. The van der Waals surface area contributed by atoms with Gasteiger partial charge in [0.15, 0.2) is 0 Å². The van der Waals surface area contributed by atoms with Crippen molar-refractivity contribution in [1.82, 2.24) is 9.97 Å². The Morgan fingerprint density at radius 2 is 1.63 bits per heavy atom. The van der Waals surface area contributed by atoms with Crippen LogP contribution in [0.15, 0.2) is 96.0 Å². The molecule has 0 aliphatic carbocycles. The van der Waals surface area contributed by atoms with Crippen molar-refractivity contribution in [1.29, 1.82) is 5.26 Å². The van der Waals surface area contributed by atoms with E-state index in [0.717, 1.165) is 50.2 Å². The van der Waals surface area contributed by atoms with Crippen LogP contribution in [0.5, 0.6) is 0 Å². The molecule has 0 aliphatic heterocycles. The molecule has 3 aromatic carbocycles. The number of anilines is 1. The number of rotatable bonds is 7. The topological polar surface area (TPSA) is 78.7 Å². The van der Waals surface area contributed by atoms with Crippen molar-refractivity contribution in [3.8, 4) is 28.5 Å². The van der Waals surface area contributed by atoms with Crippen molar-refractivity contribution in [2.45, 2.75) is 25.3 Å². The molecule has 38 heavy (non-hydrogen) atoms. The fraction of sp³-hybridized carbons (Fsp3) is 0.125. The first-order chi connectivity index (χ1) is 18.5. The fourth-order valence-corrected chi connectivity index (χ4v) is 5.26. The molecule has 5 rings (SSSR count). The maximum absolute atomic E-state index is 12.9. The number of carbonyl (C=O) groups is 1. The zero-order valence-corrected chi connectivity index (χ0v) is 22.0. The maximum atomic E-state index is 12.9. The van der Waals surface area contributed by atoms with E-state index in [1.54, 1.807) is 0 Å². The first kappa shape index (κ1) is 25.2. The Balaban J connectivity index is 1.40. The molecule has 1 amide bonds. The van der Waals surface area contributed by atoms with Crippen molar-refractivity contribution in [2.24, 2.45) is 0 Å². The highest BCUT2D eigenvalue weighted by Gasteiger charge is 2.17. The largest absolute Gasteiger partial charge is 0.325 e. The molecule has 186 valence electrons. The number of nitrogens with zero attached hydrogens (tertiary/aromatic N) is 3. The molecule has 2 heterocycles. The zero-order valence-electron chi connectivity index (χ0n) is 21.2. The summed E-state index contributed by atoms with van der Waals surface area (Å²) < 4.78 is 0. The number of fused-ring (bicyclic) bond motifs is 1. The van der Waals surface area contributed by atoms with Crippen LogP contribution in [0.1, 0.15) is 23.2 Å². The number of para-hydroxylation sites is 1. The highest BCUT2D eigenvalue weighted by molar-refractivity contribution is 7.99. The normalized spacial score (nSPS) is 10.8. The minimum atomic E-state index is -0.0928. The summed E-state index contributed by atoms with van der Waals surface area (Å²) in [6.45, 7) is 3.96. The zero-order chi connectivity index (χ0) is 26.5. The number of aryl methyl sites for hydroxylation is 2. The quantitative estimate of drug-likeness (QED) is 0.227. The van der Waals surface area contributed by atoms with E-state index in [1.165, 1.54) is 11.8 Å². The molecule has 0 radical (unpaired) electrons. The van der Waals surface area contributed by atoms with Crippen LogP contribution in [-0.4, -0.2) is 21.6 Å². The molecule has 2 aromatic heterocycles. The van der Waals surface area contributed by atoms with Crippen molar-refractivity contribution in [2.75, 3.05) is 11.1 Å². The maximum Gasteiger partial charge on any atom is 0.225 e. The van der Waals surface area contributed by atoms with Gasteiger partial charge in [-0.3, -0.25) is 9.78 Å². The van der Waals surface area contributed by atoms with Gasteiger partial charge in [-0.05, 0) is 37.6 Å². The smallest absolute Gasteiger partial charge is 0.225 e. The van der Waals surface area contributed by atoms with Gasteiger partial charge >= 0.3 is 0 Å². The Labute approximate surface area is 226 Å². The number of hydrogen-bond donors (Lipinski definition) is 1. The Kier molecular flexibility index (Phi) is 7.48. The Hall–Kier alpha value is -4.47. The molecule has 5 aromatic rings. The van der Waals surface area contributed by atoms with Gasteiger partial charge in [0, 0.05) is 34.4 Å². The molecule has 0 unspecified atom stereocenters. The number of amides is 1. The van der Waals surface area contributed by atoms with Crippen LogP contribution in [0.3, 0.4) is 0 Å². The van der Waals surface area contributed by atoms with Crippen LogP contribution in [-0.2, 0) is 4.79 Å². The lowest BCUT2D eigenvalue weighted by molar-refractivity contribution is -0.115. The third-order valence-electron chi connectivity index (χ3n) is 6.22. The van der Waals surface area contributed by atoms with Crippen LogP contribution in [0.25, 0.3) is 33.3 Å². The van der Waals surface area contributed by atoms with Crippen molar-refractivity contribution in [3.63, 3.8) is 0 Å². The van der Waals surface area contributed by atoms with E-state index < -0.39 is 0 Å². The SMILES string of the molecule is Cc1ccc(-c2cc(-c3ccccc3)nc(SCCC(=O)Nc3cc(C)nc4ccccc34)c2C#N)cc1. The van der Waals surface area contributed by atoms with Crippen molar-refractivity contribution < 1.29 is 4.79 Å². The van der Waals surface area contributed by atoms with Gasteiger partial charge in [-0.1, -0.05) is 78.4 Å². The van der Waals surface area contributed by atoms with E-state index in [4.69, 9.17) is 4.98 Å². The number of benzene rings is 3. The third kappa shape index (κ3) is 5.59. The van der Waals surface area contributed by atoms with Gasteiger partial charge in [-0.15, -0.1) is 11.8 Å². The summed E-state index contributed by atoms with van der Waals surface area (Å²) >= 11 is 1.43. The summed E-state index contributed by atoms with van der Waals surface area (Å²) in [5, 5.41) is 14.7. The van der Waals surface area contributed by atoms with Gasteiger partial charge in [0.25, 0.3) is 0 Å². The van der Waals surface area contributed by atoms with Gasteiger partial charge in [0.1, 0.15) is 11.1 Å². The van der Waals surface area contributed by atoms with Gasteiger partial charge in [-0.2, -0.15) is 5.26 Å². The van der Waals surface area contributed by atoms with E-state index in [1.807, 2.05) is 105 Å². The first-order valence-corrected chi connectivity index (χ1v) is 13.4. The number of nitrogens with one attached hydrogen (secondary N) is 1. The second-order valence-electron chi connectivity index (χ2n) is 9.05. The standard InChI is InChI=1S/C32H26N4OS/c1-21-12-14-23(15-13-21)26-19-29(24-8-4-3-5-9-24)36-32(27(26)20-33)38-17-16-31(37)35-30-18-22(2)34-28-11-7-6-10-25(28)30/h3-15,18-19H,16-17H2,1-2H3,(H,34,35,37). The van der Waals surface area contributed by atoms with Crippen LogP contribution < -0.4 is 5.32 Å². The molecule has 0 bridgehead atoms. The molecule has 6 heteroatoms. The summed E-state index contributed by atoms with van der Waals surface area (Å²) in [6, 6.07) is 32.1. The molecule has 0 spiro atoms. The van der Waals surface area contributed by atoms with Gasteiger partial charge in [-0.25, -0.2) is 4.98 Å². The summed E-state index contributed by atoms with van der Waals surface area (Å²) in [5.41, 5.74) is 7.71. The third-order valence-corrected chi connectivity index (χ3v) is 7.19. The van der Waals surface area contributed by atoms with E-state index >= 15 is 0 Å². The number of hydrogen-bond acceptors (Lipinski definition) is 5. The van der Waals surface area contributed by atoms with Gasteiger partial charge in [0.05, 0.1) is 22.5 Å². The second-order valence-corrected chi connectivity index (χ2v) is 10.1. The Morgan fingerprint density at radius 1 is 0.895 bits per heavy atom. The second kappa shape index (κ2) is 11.3. The minimum absolute atomic E-state index is 0.0928. The number of nitriles is 1. The van der Waals surface area contributed by atoms with Crippen LogP contribution in [0.4, 0.5) is 5.69 Å². The van der Waals surface area contributed by atoms with E-state index in [9.17, 15) is 10.1 Å². The number of aromatic nitrogens is 2. The van der Waals surface area contributed by atoms with Crippen LogP contribution in [0, 0.1) is 25.2 Å². The lowest BCUT2D eigenvalue weighted by Gasteiger charge is -2.13. The monoisotopic (exact) mass is 514 g/mol. The van der Waals surface area contributed by atoms with Crippen LogP contribution >= 0.6 is 11.8 Å². The lowest BCUT2D eigenvalue weighted by Crippen LogP contribution is -2.13. The van der Waals surface area contributed by atoms with Crippen LogP contribution in [0.2, 0.25) is 0 Å². The predicted molar refractivity (Wildman–Crippen MR) is 155 cm³/mol. The van der Waals surface area contributed by atoms with E-state index in [-0.39, 0.29) is 12.3 Å². The summed E-state index contributed by atoms with van der Waals surface area (Å²) in [6.07, 6.45) is 0.280. The summed E-state index contributed by atoms with van der Waals surface area (Å²) in [7, 11) is 0. The average Bonchev–Trinajstić information content (AvgIpc) is 2.93. The van der Waals surface area contributed by atoms with E-state index in [0.29, 0.717) is 16.3 Å². The minimum Gasteiger partial charge on any atom is -0.325 e. The highest BCUT2D eigenvalue weighted by atomic mass is 32.2. The molecular formula is C32H26N4OS. The molecule has 5 nitrogen and oxygen atoms in total. The molecule has 0 saturated carbocycles. The predicted octanol–water partition coefficient (Wildman–Crippen LogP) is 7.57. The number of pyridine rings is 2. The molecule has 0 atom stereocenters.